The molecule has 1 amide bonds. The molecular formula is C28H24N4O2S2. The summed E-state index contributed by atoms with van der Waals surface area (Å²) in [6.45, 7) is 1.99. The molecule has 180 valence electrons. The Morgan fingerprint density at radius 1 is 0.889 bits per heavy atom. The van der Waals surface area contributed by atoms with Gasteiger partial charge in [-0.1, -0.05) is 37.3 Å². The van der Waals surface area contributed by atoms with E-state index in [1.165, 1.54) is 14.6 Å². The highest BCUT2D eigenvalue weighted by Crippen LogP contribution is 2.39. The van der Waals surface area contributed by atoms with Gasteiger partial charge in [-0.05, 0) is 53.6 Å². The van der Waals surface area contributed by atoms with Crippen molar-refractivity contribution in [2.24, 2.45) is 0 Å². The molecule has 6 nitrogen and oxygen atoms in total. The zero-order chi connectivity index (χ0) is 24.6. The molecule has 5 aromatic rings. The third kappa shape index (κ3) is 4.20. The standard InChI is InChI=1S/C28H24N4O2S2/c1-2-5-28(34)31(20-9-8-18-6-3-4-7-19(18)14-20)21-10-11-24(25(33)15-21)32-29-22-16-26-27(17-23(22)30-32)36-13-12-35-26/h3-4,6-11,14-17,33H,2,5,12-13H2,1H3. The first kappa shape index (κ1) is 22.9. The predicted octanol–water partition coefficient (Wildman–Crippen LogP) is 6.94. The van der Waals surface area contributed by atoms with Crippen molar-refractivity contribution in [1.29, 1.82) is 0 Å². The van der Waals surface area contributed by atoms with Crippen LogP contribution in [0.5, 0.6) is 5.75 Å². The Morgan fingerprint density at radius 3 is 2.19 bits per heavy atom. The van der Waals surface area contributed by atoms with Crippen LogP contribution in [0.1, 0.15) is 19.8 Å². The van der Waals surface area contributed by atoms with Crippen molar-refractivity contribution in [3.8, 4) is 11.4 Å². The van der Waals surface area contributed by atoms with E-state index in [1.54, 1.807) is 17.0 Å². The summed E-state index contributed by atoms with van der Waals surface area (Å²) in [4.78, 5) is 18.8. The lowest BCUT2D eigenvalue weighted by Crippen LogP contribution is -2.25. The molecule has 8 heteroatoms. The summed E-state index contributed by atoms with van der Waals surface area (Å²) in [5.41, 5.74) is 3.42. The number of nitrogens with zero attached hydrogens (tertiary/aromatic N) is 4. The van der Waals surface area contributed by atoms with Gasteiger partial charge in [-0.25, -0.2) is 0 Å². The van der Waals surface area contributed by atoms with Crippen molar-refractivity contribution < 1.29 is 9.90 Å². The number of carbonyl (C=O) groups excluding carboxylic acids is 1. The summed E-state index contributed by atoms with van der Waals surface area (Å²) in [7, 11) is 0. The third-order valence-corrected chi connectivity index (χ3v) is 8.68. The van der Waals surface area contributed by atoms with E-state index in [0.717, 1.165) is 45.4 Å². The van der Waals surface area contributed by atoms with Gasteiger partial charge in [0.2, 0.25) is 5.91 Å². The number of aromatic hydroxyl groups is 1. The summed E-state index contributed by atoms with van der Waals surface area (Å²) in [6, 6.07) is 23.4. The highest BCUT2D eigenvalue weighted by molar-refractivity contribution is 8.05. The number of anilines is 2. The summed E-state index contributed by atoms with van der Waals surface area (Å²) in [6.07, 6.45) is 1.14. The average molecular weight is 513 g/mol. The lowest BCUT2D eigenvalue weighted by atomic mass is 10.1. The Kier molecular flexibility index (Phi) is 6.07. The van der Waals surface area contributed by atoms with E-state index >= 15 is 0 Å². The topological polar surface area (TPSA) is 71.2 Å². The second-order valence-corrected chi connectivity index (χ2v) is 10.9. The van der Waals surface area contributed by atoms with Gasteiger partial charge >= 0.3 is 0 Å². The van der Waals surface area contributed by atoms with Gasteiger partial charge in [0.15, 0.2) is 0 Å². The molecule has 1 aromatic heterocycles. The monoisotopic (exact) mass is 512 g/mol. The van der Waals surface area contributed by atoms with Crippen LogP contribution in [0.15, 0.2) is 82.6 Å². The largest absolute Gasteiger partial charge is 0.506 e. The molecule has 2 heterocycles. The number of amides is 1. The number of aromatic nitrogens is 3. The van der Waals surface area contributed by atoms with Crippen molar-refractivity contribution in [3.05, 3.63) is 72.8 Å². The van der Waals surface area contributed by atoms with Crippen LogP contribution in [0.4, 0.5) is 11.4 Å². The highest BCUT2D eigenvalue weighted by Gasteiger charge is 2.21. The van der Waals surface area contributed by atoms with E-state index in [1.807, 2.05) is 79.0 Å². The van der Waals surface area contributed by atoms with Gasteiger partial charge in [0, 0.05) is 39.5 Å². The van der Waals surface area contributed by atoms with Crippen molar-refractivity contribution in [1.82, 2.24) is 15.0 Å². The third-order valence-electron chi connectivity index (χ3n) is 6.18. The maximum Gasteiger partial charge on any atom is 0.231 e. The molecular weight excluding hydrogens is 488 g/mol. The molecule has 1 aliphatic rings. The second kappa shape index (κ2) is 9.52. The van der Waals surface area contributed by atoms with Crippen molar-refractivity contribution >= 4 is 62.6 Å². The van der Waals surface area contributed by atoms with Crippen molar-refractivity contribution in [3.63, 3.8) is 0 Å². The van der Waals surface area contributed by atoms with Crippen LogP contribution in [0, 0.1) is 0 Å². The van der Waals surface area contributed by atoms with E-state index < -0.39 is 0 Å². The Bertz CT molecular complexity index is 1570. The molecule has 36 heavy (non-hydrogen) atoms. The number of phenols is 1. The molecule has 0 radical (unpaired) electrons. The van der Waals surface area contributed by atoms with Crippen molar-refractivity contribution in [2.75, 3.05) is 16.4 Å². The molecule has 1 N–H and O–H groups in total. The Morgan fingerprint density at radius 2 is 1.53 bits per heavy atom. The van der Waals surface area contributed by atoms with Gasteiger partial charge in [-0.3, -0.25) is 9.69 Å². The number of rotatable bonds is 5. The number of carbonyl (C=O) groups is 1. The molecule has 0 aliphatic carbocycles. The lowest BCUT2D eigenvalue weighted by molar-refractivity contribution is -0.117. The van der Waals surface area contributed by atoms with Gasteiger partial charge in [0.1, 0.15) is 22.5 Å². The van der Waals surface area contributed by atoms with Crippen LogP contribution in [0.3, 0.4) is 0 Å². The first-order chi connectivity index (χ1) is 17.6. The minimum absolute atomic E-state index is 0.0106. The fourth-order valence-electron chi connectivity index (χ4n) is 4.46. The summed E-state index contributed by atoms with van der Waals surface area (Å²) < 4.78 is 0. The van der Waals surface area contributed by atoms with E-state index in [0.29, 0.717) is 17.8 Å². The first-order valence-corrected chi connectivity index (χ1v) is 13.9. The van der Waals surface area contributed by atoms with E-state index in [9.17, 15) is 9.90 Å². The van der Waals surface area contributed by atoms with Gasteiger partial charge in [0.25, 0.3) is 0 Å². The minimum Gasteiger partial charge on any atom is -0.506 e. The number of hydrogen-bond donors (Lipinski definition) is 1. The number of phenolic OH excluding ortho intramolecular Hbond substituents is 1. The summed E-state index contributed by atoms with van der Waals surface area (Å²) in [5, 5.41) is 22.4. The van der Waals surface area contributed by atoms with Gasteiger partial charge in [0.05, 0.1) is 5.69 Å². The number of thioether (sulfide) groups is 2. The predicted molar refractivity (Wildman–Crippen MR) is 148 cm³/mol. The molecule has 1 aliphatic heterocycles. The molecule has 0 saturated carbocycles. The molecule has 0 spiro atoms. The quantitative estimate of drug-likeness (QED) is 0.275. The maximum absolute atomic E-state index is 13.2. The smallest absolute Gasteiger partial charge is 0.231 e. The van der Waals surface area contributed by atoms with Crippen molar-refractivity contribution in [2.45, 2.75) is 29.6 Å². The Hall–Kier alpha value is -3.49. The SMILES string of the molecule is CCCC(=O)N(c1ccc(-n2nc3cc4c(cc3n2)SCCS4)c(O)c1)c1ccc2ccccc2c1. The van der Waals surface area contributed by atoms with E-state index in [2.05, 4.69) is 22.3 Å². The van der Waals surface area contributed by atoms with Gasteiger partial charge in [-0.15, -0.1) is 38.5 Å². The van der Waals surface area contributed by atoms with E-state index in [-0.39, 0.29) is 11.7 Å². The molecule has 6 rings (SSSR count). The molecule has 0 fully saturated rings. The van der Waals surface area contributed by atoms with Crippen LogP contribution in [-0.4, -0.2) is 37.5 Å². The van der Waals surface area contributed by atoms with Crippen LogP contribution in [-0.2, 0) is 4.79 Å². The number of fused-ring (bicyclic) bond motifs is 3. The number of benzene rings is 4. The Labute approximate surface area is 217 Å². The molecule has 0 saturated heterocycles. The Balaban J connectivity index is 1.39. The number of hydrogen-bond acceptors (Lipinski definition) is 6. The van der Waals surface area contributed by atoms with E-state index in [4.69, 9.17) is 0 Å². The maximum atomic E-state index is 13.2. The summed E-state index contributed by atoms with van der Waals surface area (Å²) in [5.74, 6) is 2.16. The highest BCUT2D eigenvalue weighted by atomic mass is 32.2. The zero-order valence-corrected chi connectivity index (χ0v) is 21.4. The molecule has 0 unspecified atom stereocenters. The first-order valence-electron chi connectivity index (χ1n) is 11.9. The lowest BCUT2D eigenvalue weighted by Gasteiger charge is -2.24. The fraction of sp³-hybridized carbons (Fsp3) is 0.179. The normalized spacial score (nSPS) is 13.1. The molecule has 4 aromatic carbocycles. The second-order valence-electron chi connectivity index (χ2n) is 8.66. The molecule has 0 atom stereocenters. The van der Waals surface area contributed by atoms with Crippen LogP contribution in [0.25, 0.3) is 27.5 Å². The molecule has 0 bridgehead atoms. The summed E-state index contributed by atoms with van der Waals surface area (Å²) >= 11 is 3.67. The van der Waals surface area contributed by atoms with Gasteiger partial charge in [-0.2, -0.15) is 0 Å². The average Bonchev–Trinajstić information content (AvgIpc) is 3.30. The fourth-order valence-corrected chi connectivity index (χ4v) is 6.71. The minimum atomic E-state index is -0.0246. The zero-order valence-electron chi connectivity index (χ0n) is 19.7. The van der Waals surface area contributed by atoms with Crippen LogP contribution < -0.4 is 4.90 Å². The van der Waals surface area contributed by atoms with Crippen LogP contribution in [0.2, 0.25) is 0 Å². The van der Waals surface area contributed by atoms with Crippen LogP contribution >= 0.6 is 23.5 Å². The van der Waals surface area contributed by atoms with Gasteiger partial charge < -0.3 is 5.11 Å².